The normalized spacial score (nSPS) is 20.3. The van der Waals surface area contributed by atoms with E-state index in [2.05, 4.69) is 43.3 Å². The van der Waals surface area contributed by atoms with Gasteiger partial charge in [0.1, 0.15) is 5.75 Å². The number of hydrogen-bond donors (Lipinski definition) is 1. The molecule has 0 heterocycles. The van der Waals surface area contributed by atoms with Crippen LogP contribution in [0.4, 0.5) is 0 Å². The van der Waals surface area contributed by atoms with Gasteiger partial charge in [-0.15, -0.1) is 0 Å². The predicted octanol–water partition coefficient (Wildman–Crippen LogP) is 3.86. The molecule has 2 N–H and O–H groups in total. The van der Waals surface area contributed by atoms with Crippen molar-refractivity contribution in [2.45, 2.75) is 30.4 Å². The van der Waals surface area contributed by atoms with Crippen molar-refractivity contribution < 1.29 is 4.74 Å². The average molecular weight is 299 g/mol. The largest absolute Gasteiger partial charge is 0.497 e. The van der Waals surface area contributed by atoms with Crippen molar-refractivity contribution in [2.75, 3.05) is 7.11 Å². The fourth-order valence-electron chi connectivity index (χ4n) is 2.91. The van der Waals surface area contributed by atoms with Crippen LogP contribution in [0.5, 0.6) is 5.75 Å². The highest BCUT2D eigenvalue weighted by molar-refractivity contribution is 7.99. The van der Waals surface area contributed by atoms with Crippen LogP contribution in [-0.2, 0) is 12.2 Å². The smallest absolute Gasteiger partial charge is 0.119 e. The van der Waals surface area contributed by atoms with Crippen molar-refractivity contribution in [1.82, 2.24) is 0 Å². The maximum atomic E-state index is 6.43. The second-order valence-electron chi connectivity index (χ2n) is 5.63. The van der Waals surface area contributed by atoms with E-state index < -0.39 is 0 Å². The Morgan fingerprint density at radius 1 is 1.24 bits per heavy atom. The lowest BCUT2D eigenvalue weighted by Gasteiger charge is -2.16. The van der Waals surface area contributed by atoms with Gasteiger partial charge in [-0.3, -0.25) is 0 Å². The van der Waals surface area contributed by atoms with Gasteiger partial charge in [-0.25, -0.2) is 0 Å². The SMILES string of the molecule is COc1ccc2c(c1)C(N)C(SCc1cccc(C)c1)C2. The highest BCUT2D eigenvalue weighted by Crippen LogP contribution is 2.39. The molecule has 21 heavy (non-hydrogen) atoms. The zero-order valence-electron chi connectivity index (χ0n) is 12.5. The first-order valence-electron chi connectivity index (χ1n) is 7.27. The highest BCUT2D eigenvalue weighted by Gasteiger charge is 2.30. The molecular weight excluding hydrogens is 278 g/mol. The molecule has 1 aliphatic carbocycles. The van der Waals surface area contributed by atoms with Gasteiger partial charge in [-0.1, -0.05) is 35.9 Å². The monoisotopic (exact) mass is 299 g/mol. The van der Waals surface area contributed by atoms with Gasteiger partial charge in [0.15, 0.2) is 0 Å². The van der Waals surface area contributed by atoms with Crippen LogP contribution in [0.15, 0.2) is 42.5 Å². The van der Waals surface area contributed by atoms with E-state index in [1.54, 1.807) is 7.11 Å². The Kier molecular flexibility index (Phi) is 4.22. The lowest BCUT2D eigenvalue weighted by molar-refractivity contribution is 0.414. The summed E-state index contributed by atoms with van der Waals surface area (Å²) in [6.45, 7) is 2.14. The molecule has 0 bridgehead atoms. The van der Waals surface area contributed by atoms with Gasteiger partial charge in [0, 0.05) is 17.0 Å². The molecule has 0 spiro atoms. The molecular formula is C18H21NOS. The Bertz CT molecular complexity index is 641. The highest BCUT2D eigenvalue weighted by atomic mass is 32.2. The maximum Gasteiger partial charge on any atom is 0.119 e. The van der Waals surface area contributed by atoms with Crippen LogP contribution < -0.4 is 10.5 Å². The van der Waals surface area contributed by atoms with E-state index in [4.69, 9.17) is 10.5 Å². The van der Waals surface area contributed by atoms with Crippen LogP contribution in [0, 0.1) is 6.92 Å². The van der Waals surface area contributed by atoms with E-state index in [0.717, 1.165) is 17.9 Å². The van der Waals surface area contributed by atoms with Crippen LogP contribution in [0.1, 0.15) is 28.3 Å². The van der Waals surface area contributed by atoms with Crippen molar-refractivity contribution in [2.24, 2.45) is 5.73 Å². The summed E-state index contributed by atoms with van der Waals surface area (Å²) in [7, 11) is 1.70. The second-order valence-corrected chi connectivity index (χ2v) is 6.86. The minimum atomic E-state index is 0.102. The minimum absolute atomic E-state index is 0.102. The Morgan fingerprint density at radius 2 is 2.10 bits per heavy atom. The first kappa shape index (κ1) is 14.5. The third kappa shape index (κ3) is 3.09. The van der Waals surface area contributed by atoms with E-state index in [-0.39, 0.29) is 6.04 Å². The second kappa shape index (κ2) is 6.12. The van der Waals surface area contributed by atoms with E-state index in [0.29, 0.717) is 5.25 Å². The summed E-state index contributed by atoms with van der Waals surface area (Å²) in [5.41, 5.74) is 11.7. The molecule has 2 aromatic carbocycles. The first-order chi connectivity index (χ1) is 10.2. The topological polar surface area (TPSA) is 35.2 Å². The van der Waals surface area contributed by atoms with E-state index in [1.165, 1.54) is 22.3 Å². The van der Waals surface area contributed by atoms with Gasteiger partial charge in [0.25, 0.3) is 0 Å². The number of benzene rings is 2. The number of thioether (sulfide) groups is 1. The number of ether oxygens (including phenoxy) is 1. The van der Waals surface area contributed by atoms with Crippen LogP contribution in [0.2, 0.25) is 0 Å². The Hall–Kier alpha value is -1.45. The first-order valence-corrected chi connectivity index (χ1v) is 8.32. The van der Waals surface area contributed by atoms with Gasteiger partial charge in [0.2, 0.25) is 0 Å². The zero-order chi connectivity index (χ0) is 14.8. The lowest BCUT2D eigenvalue weighted by atomic mass is 10.1. The molecule has 3 rings (SSSR count). The minimum Gasteiger partial charge on any atom is -0.497 e. The lowest BCUT2D eigenvalue weighted by Crippen LogP contribution is -2.19. The molecule has 3 heteroatoms. The van der Waals surface area contributed by atoms with Crippen LogP contribution in [0.3, 0.4) is 0 Å². The summed E-state index contributed by atoms with van der Waals surface area (Å²) in [5, 5.41) is 0.451. The molecule has 1 aliphatic rings. The van der Waals surface area contributed by atoms with Crippen molar-refractivity contribution in [3.8, 4) is 5.75 Å². The van der Waals surface area contributed by atoms with Crippen LogP contribution >= 0.6 is 11.8 Å². The third-order valence-corrected chi connectivity index (χ3v) is 5.47. The summed E-state index contributed by atoms with van der Waals surface area (Å²) in [5.74, 6) is 1.92. The van der Waals surface area contributed by atoms with Gasteiger partial charge in [-0.05, 0) is 42.2 Å². The van der Waals surface area contributed by atoms with Gasteiger partial charge >= 0.3 is 0 Å². The molecule has 0 aliphatic heterocycles. The fraction of sp³-hybridized carbons (Fsp3) is 0.333. The molecule has 0 aromatic heterocycles. The van der Waals surface area contributed by atoms with E-state index >= 15 is 0 Å². The molecule has 2 unspecified atom stereocenters. The number of fused-ring (bicyclic) bond motifs is 1. The molecule has 2 nitrogen and oxygen atoms in total. The van der Waals surface area contributed by atoms with Gasteiger partial charge in [0.05, 0.1) is 7.11 Å². The Labute approximate surface area is 130 Å². The van der Waals surface area contributed by atoms with Crippen molar-refractivity contribution in [3.63, 3.8) is 0 Å². The van der Waals surface area contributed by atoms with Crippen molar-refractivity contribution >= 4 is 11.8 Å². The van der Waals surface area contributed by atoms with Crippen molar-refractivity contribution in [3.05, 3.63) is 64.7 Å². The fourth-order valence-corrected chi connectivity index (χ4v) is 4.15. The molecule has 0 saturated heterocycles. The number of nitrogens with two attached hydrogens (primary N) is 1. The molecule has 2 atom stereocenters. The van der Waals surface area contributed by atoms with Gasteiger partial charge in [-0.2, -0.15) is 11.8 Å². The quantitative estimate of drug-likeness (QED) is 0.931. The number of aryl methyl sites for hydroxylation is 1. The zero-order valence-corrected chi connectivity index (χ0v) is 13.3. The Balaban J connectivity index is 1.68. The molecule has 2 aromatic rings. The van der Waals surface area contributed by atoms with E-state index in [9.17, 15) is 0 Å². The number of hydrogen-bond acceptors (Lipinski definition) is 3. The molecule has 110 valence electrons. The molecule has 0 amide bonds. The summed E-state index contributed by atoms with van der Waals surface area (Å²) in [6, 6.07) is 15.1. The summed E-state index contributed by atoms with van der Waals surface area (Å²) >= 11 is 1.96. The summed E-state index contributed by atoms with van der Waals surface area (Å²) < 4.78 is 5.30. The molecule has 0 saturated carbocycles. The summed E-state index contributed by atoms with van der Waals surface area (Å²) in [6.07, 6.45) is 1.05. The van der Waals surface area contributed by atoms with Crippen LogP contribution in [-0.4, -0.2) is 12.4 Å². The van der Waals surface area contributed by atoms with Crippen LogP contribution in [0.25, 0.3) is 0 Å². The molecule has 0 fully saturated rings. The van der Waals surface area contributed by atoms with Crippen molar-refractivity contribution in [1.29, 1.82) is 0 Å². The van der Waals surface area contributed by atoms with E-state index in [1.807, 2.05) is 17.8 Å². The Morgan fingerprint density at radius 3 is 2.86 bits per heavy atom. The predicted molar refractivity (Wildman–Crippen MR) is 89.9 cm³/mol. The van der Waals surface area contributed by atoms with Gasteiger partial charge < -0.3 is 10.5 Å². The summed E-state index contributed by atoms with van der Waals surface area (Å²) in [4.78, 5) is 0. The maximum absolute atomic E-state index is 6.43. The third-order valence-electron chi connectivity index (χ3n) is 4.08. The standard InChI is InChI=1S/C18H21NOS/c1-12-4-3-5-13(8-12)11-21-17-9-14-6-7-15(20-2)10-16(14)18(17)19/h3-8,10,17-18H,9,11,19H2,1-2H3. The molecule has 0 radical (unpaired) electrons. The number of rotatable bonds is 4. The average Bonchev–Trinajstić information content (AvgIpc) is 2.81. The number of methoxy groups -OCH3 is 1.